The van der Waals surface area contributed by atoms with Crippen molar-refractivity contribution in [2.24, 2.45) is 5.92 Å². The third-order valence-electron chi connectivity index (χ3n) is 4.71. The minimum Gasteiger partial charge on any atom is -0.466 e. The van der Waals surface area contributed by atoms with Gasteiger partial charge in [-0.05, 0) is 43.9 Å². The number of aliphatic hydroxyl groups excluding tert-OH is 1. The molecule has 1 N–H and O–H groups in total. The van der Waals surface area contributed by atoms with E-state index in [1.807, 2.05) is 25.1 Å². The molecular formula is C17H23NO3. The molecule has 0 radical (unpaired) electrons. The number of fused-ring (bicyclic) bond motifs is 1. The summed E-state index contributed by atoms with van der Waals surface area (Å²) in [6, 6.07) is 8.19. The Morgan fingerprint density at radius 1 is 1.43 bits per heavy atom. The van der Waals surface area contributed by atoms with Gasteiger partial charge in [0, 0.05) is 12.6 Å². The third kappa shape index (κ3) is 2.83. The maximum Gasteiger partial charge on any atom is 0.310 e. The van der Waals surface area contributed by atoms with Gasteiger partial charge in [-0.2, -0.15) is 0 Å². The lowest BCUT2D eigenvalue weighted by Crippen LogP contribution is -2.46. The molecule has 0 saturated carbocycles. The van der Waals surface area contributed by atoms with Crippen molar-refractivity contribution in [3.05, 3.63) is 35.4 Å². The molecule has 1 saturated heterocycles. The van der Waals surface area contributed by atoms with Crippen molar-refractivity contribution in [1.29, 1.82) is 0 Å². The number of hydrogen-bond donors (Lipinski definition) is 1. The van der Waals surface area contributed by atoms with Crippen LogP contribution in [0.5, 0.6) is 0 Å². The molecule has 3 rings (SSSR count). The maximum atomic E-state index is 11.9. The molecule has 4 nitrogen and oxygen atoms in total. The summed E-state index contributed by atoms with van der Waals surface area (Å²) in [6.07, 6.45) is 2.31. The number of carbonyl (C=O) groups excluding carboxylic acids is 1. The van der Waals surface area contributed by atoms with Gasteiger partial charge in [-0.1, -0.05) is 24.3 Å². The summed E-state index contributed by atoms with van der Waals surface area (Å²) >= 11 is 0. The second kappa shape index (κ2) is 6.16. The zero-order valence-electron chi connectivity index (χ0n) is 12.5. The number of rotatable bonds is 3. The predicted molar refractivity (Wildman–Crippen MR) is 79.8 cm³/mol. The van der Waals surface area contributed by atoms with Crippen LogP contribution in [0.25, 0.3) is 0 Å². The van der Waals surface area contributed by atoms with Crippen molar-refractivity contribution in [2.75, 3.05) is 19.7 Å². The Kier molecular flexibility index (Phi) is 4.27. The van der Waals surface area contributed by atoms with E-state index in [9.17, 15) is 9.90 Å². The first-order chi connectivity index (χ1) is 10.2. The molecule has 0 bridgehead atoms. The Morgan fingerprint density at radius 2 is 2.24 bits per heavy atom. The van der Waals surface area contributed by atoms with E-state index in [4.69, 9.17) is 4.74 Å². The normalized spacial score (nSPS) is 29.1. The Balaban J connectivity index is 1.69. The molecule has 1 aromatic rings. The second-order valence-corrected chi connectivity index (χ2v) is 6.00. The van der Waals surface area contributed by atoms with E-state index >= 15 is 0 Å². The van der Waals surface area contributed by atoms with Gasteiger partial charge < -0.3 is 9.84 Å². The van der Waals surface area contributed by atoms with Gasteiger partial charge in [-0.25, -0.2) is 0 Å². The van der Waals surface area contributed by atoms with Crippen LogP contribution >= 0.6 is 0 Å². The molecule has 3 unspecified atom stereocenters. The monoisotopic (exact) mass is 289 g/mol. The highest BCUT2D eigenvalue weighted by molar-refractivity contribution is 5.72. The van der Waals surface area contributed by atoms with E-state index in [0.717, 1.165) is 31.4 Å². The molecule has 114 valence electrons. The van der Waals surface area contributed by atoms with Gasteiger partial charge in [0.2, 0.25) is 0 Å². The average Bonchev–Trinajstić information content (AvgIpc) is 2.85. The van der Waals surface area contributed by atoms with Gasteiger partial charge >= 0.3 is 5.97 Å². The average molecular weight is 289 g/mol. The highest BCUT2D eigenvalue weighted by Gasteiger charge is 2.38. The number of benzene rings is 1. The molecule has 1 heterocycles. The fourth-order valence-corrected chi connectivity index (χ4v) is 3.64. The molecule has 2 aliphatic rings. The van der Waals surface area contributed by atoms with Crippen LogP contribution in [0.3, 0.4) is 0 Å². The van der Waals surface area contributed by atoms with Gasteiger partial charge in [0.25, 0.3) is 0 Å². The van der Waals surface area contributed by atoms with Crippen molar-refractivity contribution in [1.82, 2.24) is 4.90 Å². The third-order valence-corrected chi connectivity index (χ3v) is 4.71. The molecule has 3 atom stereocenters. The lowest BCUT2D eigenvalue weighted by atomic mass is 9.95. The minimum absolute atomic E-state index is 0.0467. The SMILES string of the molecule is CCOC(=O)C1CCCN(C2Cc3ccccc3C2O)C1. The Morgan fingerprint density at radius 3 is 3.00 bits per heavy atom. The fourth-order valence-electron chi connectivity index (χ4n) is 3.64. The molecule has 1 aliphatic carbocycles. The van der Waals surface area contributed by atoms with Crippen molar-refractivity contribution >= 4 is 5.97 Å². The van der Waals surface area contributed by atoms with E-state index in [1.54, 1.807) is 0 Å². The standard InChI is InChI=1S/C17H23NO3/c1-2-21-17(20)13-7-5-9-18(11-13)15-10-12-6-3-4-8-14(12)16(15)19/h3-4,6,8,13,15-16,19H,2,5,7,9-11H2,1H3. The van der Waals surface area contributed by atoms with Crippen LogP contribution in [0.1, 0.15) is 37.0 Å². The molecule has 1 aliphatic heterocycles. The first-order valence-corrected chi connectivity index (χ1v) is 7.87. The van der Waals surface area contributed by atoms with Gasteiger partial charge in [0.1, 0.15) is 0 Å². The Bertz CT molecular complexity index is 517. The summed E-state index contributed by atoms with van der Waals surface area (Å²) in [7, 11) is 0. The summed E-state index contributed by atoms with van der Waals surface area (Å²) in [6.45, 7) is 3.93. The first-order valence-electron chi connectivity index (χ1n) is 7.87. The molecule has 0 spiro atoms. The molecule has 0 aromatic heterocycles. The number of carbonyl (C=O) groups is 1. The largest absolute Gasteiger partial charge is 0.466 e. The van der Waals surface area contributed by atoms with Crippen LogP contribution in [0.4, 0.5) is 0 Å². The highest BCUT2D eigenvalue weighted by Crippen LogP contribution is 2.36. The number of nitrogens with zero attached hydrogens (tertiary/aromatic N) is 1. The Hall–Kier alpha value is -1.39. The van der Waals surface area contributed by atoms with Gasteiger partial charge in [0.15, 0.2) is 0 Å². The number of likely N-dealkylation sites (tertiary alicyclic amines) is 1. The van der Waals surface area contributed by atoms with Gasteiger partial charge in [0.05, 0.1) is 18.6 Å². The molecular weight excluding hydrogens is 266 g/mol. The van der Waals surface area contributed by atoms with Gasteiger partial charge in [-0.3, -0.25) is 9.69 Å². The minimum atomic E-state index is -0.442. The summed E-state index contributed by atoms with van der Waals surface area (Å²) in [5, 5.41) is 10.6. The van der Waals surface area contributed by atoms with E-state index in [0.29, 0.717) is 13.2 Å². The number of esters is 1. The molecule has 1 fully saturated rings. The fraction of sp³-hybridized carbons (Fsp3) is 0.588. The molecule has 0 amide bonds. The lowest BCUT2D eigenvalue weighted by molar-refractivity contribution is -0.150. The van der Waals surface area contributed by atoms with Gasteiger partial charge in [-0.15, -0.1) is 0 Å². The number of ether oxygens (including phenoxy) is 1. The summed E-state index contributed by atoms with van der Waals surface area (Å²) in [5.74, 6) is -0.137. The highest BCUT2D eigenvalue weighted by atomic mass is 16.5. The van der Waals surface area contributed by atoms with E-state index in [2.05, 4.69) is 11.0 Å². The summed E-state index contributed by atoms with van der Waals surface area (Å²) < 4.78 is 5.15. The molecule has 21 heavy (non-hydrogen) atoms. The van der Waals surface area contributed by atoms with Crippen LogP contribution in [-0.4, -0.2) is 41.7 Å². The predicted octanol–water partition coefficient (Wildman–Crippen LogP) is 1.92. The second-order valence-electron chi connectivity index (χ2n) is 6.00. The van der Waals surface area contributed by atoms with Crippen molar-refractivity contribution in [3.8, 4) is 0 Å². The van der Waals surface area contributed by atoms with Crippen molar-refractivity contribution < 1.29 is 14.6 Å². The van der Waals surface area contributed by atoms with Crippen molar-refractivity contribution in [3.63, 3.8) is 0 Å². The van der Waals surface area contributed by atoms with Crippen LogP contribution in [0, 0.1) is 5.92 Å². The van der Waals surface area contributed by atoms with E-state index in [-0.39, 0.29) is 17.9 Å². The van der Waals surface area contributed by atoms with E-state index in [1.165, 1.54) is 5.56 Å². The lowest BCUT2D eigenvalue weighted by Gasteiger charge is -2.37. The van der Waals surface area contributed by atoms with Crippen LogP contribution in [-0.2, 0) is 16.0 Å². The quantitative estimate of drug-likeness (QED) is 0.864. The van der Waals surface area contributed by atoms with E-state index < -0.39 is 6.10 Å². The van der Waals surface area contributed by atoms with Crippen LogP contribution < -0.4 is 0 Å². The zero-order chi connectivity index (χ0) is 14.8. The van der Waals surface area contributed by atoms with Crippen LogP contribution in [0.15, 0.2) is 24.3 Å². The number of aliphatic hydroxyl groups is 1. The number of hydrogen-bond acceptors (Lipinski definition) is 4. The maximum absolute atomic E-state index is 11.9. The molecule has 4 heteroatoms. The number of piperidine rings is 1. The first kappa shape index (κ1) is 14.5. The smallest absolute Gasteiger partial charge is 0.310 e. The zero-order valence-corrected chi connectivity index (χ0v) is 12.5. The van der Waals surface area contributed by atoms with Crippen molar-refractivity contribution in [2.45, 2.75) is 38.3 Å². The Labute approximate surface area is 125 Å². The van der Waals surface area contributed by atoms with Crippen LogP contribution in [0.2, 0.25) is 0 Å². The summed E-state index contributed by atoms with van der Waals surface area (Å²) in [5.41, 5.74) is 2.27. The summed E-state index contributed by atoms with van der Waals surface area (Å²) in [4.78, 5) is 14.2. The topological polar surface area (TPSA) is 49.8 Å². The molecule has 1 aromatic carbocycles.